The topological polar surface area (TPSA) is 61.4 Å². The molecule has 24 heavy (non-hydrogen) atoms. The zero-order valence-corrected chi connectivity index (χ0v) is 14.5. The molecule has 5 heteroatoms. The molecular weight excluding hydrogens is 302 g/mol. The molecule has 2 rings (SSSR count). The van der Waals surface area contributed by atoms with E-state index in [1.165, 1.54) is 4.90 Å². The first-order valence-corrected chi connectivity index (χ1v) is 7.79. The van der Waals surface area contributed by atoms with Crippen LogP contribution in [0.25, 0.3) is 0 Å². The first-order chi connectivity index (χ1) is 11.4. The van der Waals surface area contributed by atoms with Gasteiger partial charge in [-0.15, -0.1) is 0 Å². The molecule has 0 atom stereocenters. The van der Waals surface area contributed by atoms with Crippen LogP contribution in [0.1, 0.15) is 21.5 Å². The molecule has 0 aromatic heterocycles. The van der Waals surface area contributed by atoms with Crippen LogP contribution in [0.3, 0.4) is 0 Å². The van der Waals surface area contributed by atoms with Crippen molar-refractivity contribution in [1.82, 2.24) is 4.90 Å². The number of hydrogen-bond donors (Lipinski definition) is 2. The van der Waals surface area contributed by atoms with Crippen LogP contribution >= 0.6 is 0 Å². The molecule has 0 fully saturated rings. The van der Waals surface area contributed by atoms with Crippen molar-refractivity contribution in [3.05, 3.63) is 59.2 Å². The summed E-state index contributed by atoms with van der Waals surface area (Å²) >= 11 is 0. The van der Waals surface area contributed by atoms with Crippen molar-refractivity contribution in [2.24, 2.45) is 0 Å². The van der Waals surface area contributed by atoms with Crippen molar-refractivity contribution in [1.29, 1.82) is 0 Å². The summed E-state index contributed by atoms with van der Waals surface area (Å²) in [6, 6.07) is 13.0. The van der Waals surface area contributed by atoms with E-state index < -0.39 is 0 Å². The van der Waals surface area contributed by atoms with Gasteiger partial charge in [-0.3, -0.25) is 9.59 Å². The largest absolute Gasteiger partial charge is 0.376 e. The minimum Gasteiger partial charge on any atom is -0.376 e. The summed E-state index contributed by atoms with van der Waals surface area (Å²) in [6.45, 7) is 4.17. The van der Waals surface area contributed by atoms with Gasteiger partial charge in [-0.2, -0.15) is 0 Å². The number of rotatable bonds is 5. The molecule has 126 valence electrons. The zero-order valence-electron chi connectivity index (χ0n) is 14.5. The molecule has 2 aromatic rings. The Morgan fingerprint density at radius 3 is 2.50 bits per heavy atom. The van der Waals surface area contributed by atoms with E-state index in [-0.39, 0.29) is 18.4 Å². The lowest BCUT2D eigenvalue weighted by atomic mass is 10.1. The number of nitrogens with one attached hydrogen (secondary N) is 2. The molecule has 0 saturated carbocycles. The van der Waals surface area contributed by atoms with Gasteiger partial charge in [-0.25, -0.2) is 0 Å². The Labute approximate surface area is 142 Å². The van der Waals surface area contributed by atoms with Gasteiger partial charge in [0.1, 0.15) is 0 Å². The van der Waals surface area contributed by atoms with E-state index in [1.807, 2.05) is 32.0 Å². The minimum absolute atomic E-state index is 0.0976. The number of carbonyl (C=O) groups is 2. The van der Waals surface area contributed by atoms with Crippen LogP contribution in [0.15, 0.2) is 42.5 Å². The maximum atomic E-state index is 12.1. The third-order valence-corrected chi connectivity index (χ3v) is 3.63. The Kier molecular flexibility index (Phi) is 5.58. The quantitative estimate of drug-likeness (QED) is 0.888. The van der Waals surface area contributed by atoms with Gasteiger partial charge in [0.05, 0.1) is 6.54 Å². The average Bonchev–Trinajstić information content (AvgIpc) is 2.55. The summed E-state index contributed by atoms with van der Waals surface area (Å²) < 4.78 is 0. The Hall–Kier alpha value is -2.82. The van der Waals surface area contributed by atoms with Gasteiger partial charge in [-0.05, 0) is 49.2 Å². The van der Waals surface area contributed by atoms with Crippen molar-refractivity contribution in [3.63, 3.8) is 0 Å². The number of nitrogens with zero attached hydrogens (tertiary/aromatic N) is 1. The number of benzene rings is 2. The average molecular weight is 325 g/mol. The first kappa shape index (κ1) is 17.5. The van der Waals surface area contributed by atoms with Crippen LogP contribution in [0.2, 0.25) is 0 Å². The second-order valence-electron chi connectivity index (χ2n) is 6.00. The lowest BCUT2D eigenvalue weighted by molar-refractivity contribution is -0.114. The molecule has 0 bridgehead atoms. The standard InChI is InChI=1S/C19H23N3O2/c1-13-8-9-14(2)17(10-13)20-12-18(23)21-16-7-5-6-15(11-16)19(24)22(3)4/h5-11,20H,12H2,1-4H3,(H,21,23). The molecule has 5 nitrogen and oxygen atoms in total. The van der Waals surface area contributed by atoms with E-state index in [1.54, 1.807) is 38.4 Å². The van der Waals surface area contributed by atoms with E-state index in [0.717, 1.165) is 16.8 Å². The smallest absolute Gasteiger partial charge is 0.253 e. The van der Waals surface area contributed by atoms with Crippen LogP contribution in [0, 0.1) is 13.8 Å². The number of anilines is 2. The second-order valence-corrected chi connectivity index (χ2v) is 6.00. The van der Waals surface area contributed by atoms with E-state index in [0.29, 0.717) is 11.3 Å². The Morgan fingerprint density at radius 2 is 1.79 bits per heavy atom. The molecule has 0 unspecified atom stereocenters. The van der Waals surface area contributed by atoms with Crippen molar-refractivity contribution < 1.29 is 9.59 Å². The Bertz CT molecular complexity index is 754. The lowest BCUT2D eigenvalue weighted by Crippen LogP contribution is -2.23. The molecular formula is C19H23N3O2. The molecule has 0 saturated heterocycles. The molecule has 0 aliphatic heterocycles. The van der Waals surface area contributed by atoms with Crippen LogP contribution in [-0.4, -0.2) is 37.4 Å². The van der Waals surface area contributed by atoms with Crippen LogP contribution < -0.4 is 10.6 Å². The van der Waals surface area contributed by atoms with Crippen LogP contribution in [0.5, 0.6) is 0 Å². The molecule has 2 N–H and O–H groups in total. The third kappa shape index (κ3) is 4.59. The number of aryl methyl sites for hydroxylation is 2. The van der Waals surface area contributed by atoms with Crippen molar-refractivity contribution in [2.75, 3.05) is 31.3 Å². The van der Waals surface area contributed by atoms with Gasteiger partial charge in [0.2, 0.25) is 5.91 Å². The van der Waals surface area contributed by atoms with Crippen molar-refractivity contribution in [2.45, 2.75) is 13.8 Å². The minimum atomic E-state index is -0.162. The van der Waals surface area contributed by atoms with E-state index in [2.05, 4.69) is 10.6 Å². The number of hydrogen-bond acceptors (Lipinski definition) is 3. The highest BCUT2D eigenvalue weighted by atomic mass is 16.2. The molecule has 0 spiro atoms. The maximum absolute atomic E-state index is 12.1. The molecule has 0 aliphatic rings. The Balaban J connectivity index is 1.99. The summed E-state index contributed by atoms with van der Waals surface area (Å²) in [6.07, 6.45) is 0. The highest BCUT2D eigenvalue weighted by Gasteiger charge is 2.09. The van der Waals surface area contributed by atoms with Crippen LogP contribution in [0.4, 0.5) is 11.4 Å². The molecule has 2 amide bonds. The fourth-order valence-electron chi connectivity index (χ4n) is 2.30. The predicted octanol–water partition coefficient (Wildman–Crippen LogP) is 3.06. The lowest BCUT2D eigenvalue weighted by Gasteiger charge is -2.13. The zero-order chi connectivity index (χ0) is 17.7. The summed E-state index contributed by atoms with van der Waals surface area (Å²) in [5.41, 5.74) is 4.32. The van der Waals surface area contributed by atoms with Crippen molar-refractivity contribution >= 4 is 23.2 Å². The van der Waals surface area contributed by atoms with Gasteiger partial charge in [0.25, 0.3) is 5.91 Å². The van der Waals surface area contributed by atoms with E-state index in [4.69, 9.17) is 0 Å². The monoisotopic (exact) mass is 325 g/mol. The normalized spacial score (nSPS) is 10.2. The first-order valence-electron chi connectivity index (χ1n) is 7.79. The van der Waals surface area contributed by atoms with Crippen molar-refractivity contribution in [3.8, 4) is 0 Å². The van der Waals surface area contributed by atoms with Gasteiger partial charge in [0.15, 0.2) is 0 Å². The second kappa shape index (κ2) is 7.64. The van der Waals surface area contributed by atoms with E-state index in [9.17, 15) is 9.59 Å². The Morgan fingerprint density at radius 1 is 1.04 bits per heavy atom. The van der Waals surface area contributed by atoms with Gasteiger partial charge < -0.3 is 15.5 Å². The summed E-state index contributed by atoms with van der Waals surface area (Å²) in [5, 5.41) is 5.95. The number of carbonyl (C=O) groups excluding carboxylic acids is 2. The van der Waals surface area contributed by atoms with Gasteiger partial charge in [0, 0.05) is 31.0 Å². The molecule has 0 heterocycles. The van der Waals surface area contributed by atoms with Crippen LogP contribution in [-0.2, 0) is 4.79 Å². The van der Waals surface area contributed by atoms with Gasteiger partial charge in [-0.1, -0.05) is 18.2 Å². The summed E-state index contributed by atoms with van der Waals surface area (Å²) in [4.78, 5) is 25.6. The highest BCUT2D eigenvalue weighted by molar-refractivity contribution is 5.98. The van der Waals surface area contributed by atoms with E-state index >= 15 is 0 Å². The molecule has 2 aromatic carbocycles. The van der Waals surface area contributed by atoms with Gasteiger partial charge >= 0.3 is 0 Å². The summed E-state index contributed by atoms with van der Waals surface area (Å²) in [5.74, 6) is -0.259. The summed E-state index contributed by atoms with van der Waals surface area (Å²) in [7, 11) is 3.39. The fraction of sp³-hybridized carbons (Fsp3) is 0.263. The molecule has 0 aliphatic carbocycles. The third-order valence-electron chi connectivity index (χ3n) is 3.63. The maximum Gasteiger partial charge on any atom is 0.253 e. The SMILES string of the molecule is Cc1ccc(C)c(NCC(=O)Nc2cccc(C(=O)N(C)C)c2)c1. The fourth-order valence-corrected chi connectivity index (χ4v) is 2.30. The molecule has 0 radical (unpaired) electrons. The predicted molar refractivity (Wildman–Crippen MR) is 97.5 cm³/mol. The highest BCUT2D eigenvalue weighted by Crippen LogP contribution is 2.16. The number of amides is 2.